The van der Waals surface area contributed by atoms with Gasteiger partial charge >= 0.3 is 0 Å². The molecule has 0 saturated carbocycles. The quantitative estimate of drug-likeness (QED) is 0.802. The number of allylic oxidation sites excluding steroid dienone is 2. The molecule has 0 saturated heterocycles. The highest BCUT2D eigenvalue weighted by Crippen LogP contribution is 2.37. The van der Waals surface area contributed by atoms with Crippen LogP contribution in [0.15, 0.2) is 58.1 Å². The summed E-state index contributed by atoms with van der Waals surface area (Å²) in [5.41, 5.74) is 4.49. The van der Waals surface area contributed by atoms with Crippen LogP contribution in [0, 0.1) is 12.7 Å². The lowest BCUT2D eigenvalue weighted by Gasteiger charge is -2.20. The van der Waals surface area contributed by atoms with Gasteiger partial charge in [0.1, 0.15) is 17.2 Å². The SMILES string of the molecule is Cc1cc(F)ccc1C1=C2N=C(N(C)C)N=C2c2ccccc2C1=O. The Kier molecular flexibility index (Phi) is 3.39. The standard InChI is InChI=1S/C20H16FN3O/c1-11-10-12(21)8-9-13(11)16-18-17(22-20(23-18)24(2)3)14-6-4-5-7-15(14)19(16)25/h4-10H,1-3H3. The van der Waals surface area contributed by atoms with E-state index in [1.165, 1.54) is 12.1 Å². The monoisotopic (exact) mass is 333 g/mol. The minimum atomic E-state index is -0.326. The van der Waals surface area contributed by atoms with Crippen LogP contribution in [0.3, 0.4) is 0 Å². The molecule has 0 bridgehead atoms. The summed E-state index contributed by atoms with van der Waals surface area (Å²) in [7, 11) is 3.72. The summed E-state index contributed by atoms with van der Waals surface area (Å²) in [4.78, 5) is 24.2. The number of fused-ring (bicyclic) bond motifs is 3. The van der Waals surface area contributed by atoms with Gasteiger partial charge in [0, 0.05) is 25.2 Å². The molecule has 0 unspecified atom stereocenters. The fourth-order valence-electron chi connectivity index (χ4n) is 3.18. The number of carbonyl (C=O) groups excluding carboxylic acids is 1. The van der Waals surface area contributed by atoms with Gasteiger partial charge in [-0.3, -0.25) is 4.79 Å². The lowest BCUT2D eigenvalue weighted by Crippen LogP contribution is -2.20. The van der Waals surface area contributed by atoms with E-state index in [4.69, 9.17) is 0 Å². The highest BCUT2D eigenvalue weighted by molar-refractivity contribution is 6.43. The first-order chi connectivity index (χ1) is 12.0. The van der Waals surface area contributed by atoms with E-state index in [1.807, 2.05) is 32.3 Å². The number of aryl methyl sites for hydroxylation is 1. The van der Waals surface area contributed by atoms with Crippen LogP contribution in [0.5, 0.6) is 0 Å². The molecule has 2 aromatic rings. The number of carbonyl (C=O) groups is 1. The Bertz CT molecular complexity index is 1020. The second kappa shape index (κ2) is 5.48. The molecule has 2 aromatic carbocycles. The van der Waals surface area contributed by atoms with Gasteiger partial charge in [-0.25, -0.2) is 14.4 Å². The predicted octanol–water partition coefficient (Wildman–Crippen LogP) is 3.46. The Morgan fingerprint density at radius 3 is 2.36 bits per heavy atom. The van der Waals surface area contributed by atoms with E-state index < -0.39 is 0 Å². The number of hydrogen-bond acceptors (Lipinski definition) is 4. The number of ketones is 1. The van der Waals surface area contributed by atoms with Crippen LogP contribution in [0.2, 0.25) is 0 Å². The molecular formula is C20H16FN3O. The minimum absolute atomic E-state index is 0.108. The molecule has 2 aliphatic rings. The second-order valence-electron chi connectivity index (χ2n) is 6.32. The lowest BCUT2D eigenvalue weighted by atomic mass is 9.83. The molecule has 1 heterocycles. The minimum Gasteiger partial charge on any atom is -0.347 e. The zero-order chi connectivity index (χ0) is 17.7. The predicted molar refractivity (Wildman–Crippen MR) is 96.5 cm³/mol. The van der Waals surface area contributed by atoms with Gasteiger partial charge in [0.25, 0.3) is 0 Å². The van der Waals surface area contributed by atoms with Gasteiger partial charge in [-0.1, -0.05) is 30.3 Å². The van der Waals surface area contributed by atoms with Crippen molar-refractivity contribution in [3.8, 4) is 0 Å². The summed E-state index contributed by atoms with van der Waals surface area (Å²) in [6.07, 6.45) is 0. The largest absolute Gasteiger partial charge is 0.347 e. The van der Waals surface area contributed by atoms with Crippen molar-refractivity contribution < 1.29 is 9.18 Å². The van der Waals surface area contributed by atoms with Crippen molar-refractivity contribution in [2.75, 3.05) is 14.1 Å². The molecular weight excluding hydrogens is 317 g/mol. The Morgan fingerprint density at radius 2 is 1.68 bits per heavy atom. The molecule has 4 rings (SSSR count). The third-order valence-corrected chi connectivity index (χ3v) is 4.40. The van der Waals surface area contributed by atoms with Crippen LogP contribution in [-0.4, -0.2) is 36.4 Å². The van der Waals surface area contributed by atoms with Gasteiger partial charge in [0.05, 0.1) is 5.57 Å². The molecule has 0 fully saturated rings. The smallest absolute Gasteiger partial charge is 0.226 e. The second-order valence-corrected chi connectivity index (χ2v) is 6.32. The zero-order valence-corrected chi connectivity index (χ0v) is 14.2. The van der Waals surface area contributed by atoms with Crippen LogP contribution in [-0.2, 0) is 0 Å². The van der Waals surface area contributed by atoms with E-state index in [-0.39, 0.29) is 11.6 Å². The van der Waals surface area contributed by atoms with Gasteiger partial charge in [0.2, 0.25) is 5.96 Å². The Labute approximate surface area is 145 Å². The van der Waals surface area contributed by atoms with Crippen LogP contribution >= 0.6 is 0 Å². The van der Waals surface area contributed by atoms with Gasteiger partial charge in [-0.05, 0) is 30.2 Å². The molecule has 0 aromatic heterocycles. The first-order valence-electron chi connectivity index (χ1n) is 7.97. The van der Waals surface area contributed by atoms with Crippen molar-refractivity contribution in [2.45, 2.75) is 6.92 Å². The molecule has 0 N–H and O–H groups in total. The van der Waals surface area contributed by atoms with E-state index in [0.29, 0.717) is 39.6 Å². The number of halogens is 1. The first kappa shape index (κ1) is 15.4. The van der Waals surface area contributed by atoms with Gasteiger partial charge < -0.3 is 4.90 Å². The first-order valence-corrected chi connectivity index (χ1v) is 7.97. The number of nitrogens with zero attached hydrogens (tertiary/aromatic N) is 3. The summed E-state index contributed by atoms with van der Waals surface area (Å²) < 4.78 is 13.5. The Balaban J connectivity index is 2.03. The molecule has 1 aliphatic heterocycles. The molecule has 4 nitrogen and oxygen atoms in total. The van der Waals surface area contributed by atoms with Crippen molar-refractivity contribution in [3.05, 3.63) is 76.2 Å². The number of rotatable bonds is 1. The van der Waals surface area contributed by atoms with Crippen LogP contribution < -0.4 is 0 Å². The highest BCUT2D eigenvalue weighted by Gasteiger charge is 2.35. The molecule has 0 radical (unpaired) electrons. The molecule has 0 atom stereocenters. The zero-order valence-electron chi connectivity index (χ0n) is 14.2. The molecule has 25 heavy (non-hydrogen) atoms. The number of guanidine groups is 1. The fourth-order valence-corrected chi connectivity index (χ4v) is 3.18. The van der Waals surface area contributed by atoms with E-state index >= 15 is 0 Å². The number of aliphatic imine (C=N–C) groups is 2. The van der Waals surface area contributed by atoms with Crippen LogP contribution in [0.25, 0.3) is 5.57 Å². The van der Waals surface area contributed by atoms with Crippen molar-refractivity contribution in [2.24, 2.45) is 9.98 Å². The van der Waals surface area contributed by atoms with E-state index in [2.05, 4.69) is 9.98 Å². The third kappa shape index (κ3) is 2.31. The van der Waals surface area contributed by atoms with Crippen molar-refractivity contribution in [1.82, 2.24) is 4.90 Å². The molecule has 1 aliphatic carbocycles. The normalized spacial score (nSPS) is 15.6. The number of Topliss-reactive ketones (excluding diaryl/α,β-unsaturated/α-hetero) is 1. The molecule has 0 amide bonds. The van der Waals surface area contributed by atoms with Crippen LogP contribution in [0.4, 0.5) is 4.39 Å². The summed E-state index contributed by atoms with van der Waals surface area (Å²) in [5.74, 6) is 0.114. The van der Waals surface area contributed by atoms with Crippen molar-refractivity contribution in [1.29, 1.82) is 0 Å². The molecule has 124 valence electrons. The van der Waals surface area contributed by atoms with Crippen molar-refractivity contribution >= 4 is 23.0 Å². The maximum absolute atomic E-state index is 13.5. The van der Waals surface area contributed by atoms with E-state index in [1.54, 1.807) is 24.0 Å². The summed E-state index contributed by atoms with van der Waals surface area (Å²) in [5, 5.41) is 0. The van der Waals surface area contributed by atoms with Gasteiger partial charge in [-0.15, -0.1) is 0 Å². The van der Waals surface area contributed by atoms with Crippen LogP contribution in [0.1, 0.15) is 27.0 Å². The maximum Gasteiger partial charge on any atom is 0.226 e. The topological polar surface area (TPSA) is 45.0 Å². The highest BCUT2D eigenvalue weighted by atomic mass is 19.1. The summed E-state index contributed by atoms with van der Waals surface area (Å²) in [6, 6.07) is 11.8. The molecule has 0 spiro atoms. The van der Waals surface area contributed by atoms with Crippen molar-refractivity contribution in [3.63, 3.8) is 0 Å². The van der Waals surface area contributed by atoms with Gasteiger partial charge in [-0.2, -0.15) is 0 Å². The summed E-state index contributed by atoms with van der Waals surface area (Å²) >= 11 is 0. The number of benzene rings is 2. The molecule has 5 heteroatoms. The Hall–Kier alpha value is -3.08. The fraction of sp³-hybridized carbons (Fsp3) is 0.150. The Morgan fingerprint density at radius 1 is 0.960 bits per heavy atom. The average molecular weight is 333 g/mol. The summed E-state index contributed by atoms with van der Waals surface area (Å²) in [6.45, 7) is 1.79. The third-order valence-electron chi connectivity index (χ3n) is 4.40. The number of hydrogen-bond donors (Lipinski definition) is 0. The van der Waals surface area contributed by atoms with E-state index in [9.17, 15) is 9.18 Å². The van der Waals surface area contributed by atoms with Gasteiger partial charge in [0.15, 0.2) is 5.78 Å². The van der Waals surface area contributed by atoms with E-state index in [0.717, 1.165) is 5.56 Å². The maximum atomic E-state index is 13.5. The lowest BCUT2D eigenvalue weighted by molar-refractivity contribution is 0.105. The average Bonchev–Trinajstić information content (AvgIpc) is 3.02.